The number of hydrogen-bond donors (Lipinski definition) is 0. The van der Waals surface area contributed by atoms with E-state index in [0.717, 1.165) is 43.3 Å². The predicted octanol–water partition coefficient (Wildman–Crippen LogP) is 3.80. The van der Waals surface area contributed by atoms with Crippen molar-refractivity contribution >= 4 is 17.8 Å². The Morgan fingerprint density at radius 3 is 2.57 bits per heavy atom. The van der Waals surface area contributed by atoms with Crippen molar-refractivity contribution in [1.29, 1.82) is 0 Å². The van der Waals surface area contributed by atoms with Crippen LogP contribution in [0.5, 0.6) is 0 Å². The summed E-state index contributed by atoms with van der Waals surface area (Å²) in [6, 6.07) is 16.5. The number of halogens is 1. The molecule has 120 valence electrons. The van der Waals surface area contributed by atoms with Gasteiger partial charge in [-0.3, -0.25) is 9.91 Å². The van der Waals surface area contributed by atoms with E-state index in [1.54, 1.807) is 0 Å². The highest BCUT2D eigenvalue weighted by molar-refractivity contribution is 6.31. The fourth-order valence-corrected chi connectivity index (χ4v) is 2.97. The van der Waals surface area contributed by atoms with Gasteiger partial charge in [0.1, 0.15) is 0 Å². The van der Waals surface area contributed by atoms with Crippen LogP contribution in [0, 0.1) is 6.92 Å². The minimum atomic E-state index is 0.854. The molecule has 0 saturated carbocycles. The highest BCUT2D eigenvalue weighted by atomic mass is 35.5. The molecular weight excluding hydrogens is 306 g/mol. The summed E-state index contributed by atoms with van der Waals surface area (Å²) in [5.41, 5.74) is 3.62. The zero-order valence-corrected chi connectivity index (χ0v) is 14.2. The standard InChI is InChI=1S/C19H22ClN3/c1-16-5-4-6-17(13-16)14-21-23-11-9-22(10-12-23)15-18-7-2-3-8-19(18)20/h2-8,13-14H,9-12,15H2,1H3/b21-14-. The van der Waals surface area contributed by atoms with Gasteiger partial charge in [-0.05, 0) is 24.1 Å². The lowest BCUT2D eigenvalue weighted by Gasteiger charge is -2.33. The molecule has 2 aromatic carbocycles. The first-order valence-electron chi connectivity index (χ1n) is 8.02. The summed E-state index contributed by atoms with van der Waals surface area (Å²) in [6.45, 7) is 6.94. The molecule has 1 saturated heterocycles. The van der Waals surface area contributed by atoms with E-state index >= 15 is 0 Å². The molecule has 2 aromatic rings. The van der Waals surface area contributed by atoms with Crippen LogP contribution in [0.2, 0.25) is 5.02 Å². The van der Waals surface area contributed by atoms with Crippen LogP contribution in [0.1, 0.15) is 16.7 Å². The molecular formula is C19H22ClN3. The third-order valence-corrected chi connectivity index (χ3v) is 4.48. The number of hydrazone groups is 1. The quantitative estimate of drug-likeness (QED) is 0.795. The molecule has 23 heavy (non-hydrogen) atoms. The van der Waals surface area contributed by atoms with E-state index in [-0.39, 0.29) is 0 Å². The third kappa shape index (κ3) is 4.57. The first kappa shape index (κ1) is 16.0. The van der Waals surface area contributed by atoms with Gasteiger partial charge in [-0.1, -0.05) is 59.6 Å². The Balaban J connectivity index is 1.51. The summed E-state index contributed by atoms with van der Waals surface area (Å²) in [5.74, 6) is 0. The van der Waals surface area contributed by atoms with E-state index in [1.807, 2.05) is 24.4 Å². The molecule has 0 spiro atoms. The third-order valence-electron chi connectivity index (χ3n) is 4.11. The maximum atomic E-state index is 6.24. The molecule has 0 bridgehead atoms. The molecule has 1 aliphatic rings. The van der Waals surface area contributed by atoms with Crippen molar-refractivity contribution in [2.75, 3.05) is 26.2 Å². The van der Waals surface area contributed by atoms with Gasteiger partial charge < -0.3 is 0 Å². The molecule has 1 fully saturated rings. The SMILES string of the molecule is Cc1cccc(/C=N\N2CCN(Cc3ccccc3Cl)CC2)c1. The molecule has 0 radical (unpaired) electrons. The van der Waals surface area contributed by atoms with Crippen LogP contribution in [0.15, 0.2) is 53.6 Å². The smallest absolute Gasteiger partial charge is 0.0543 e. The van der Waals surface area contributed by atoms with Gasteiger partial charge in [0.2, 0.25) is 0 Å². The van der Waals surface area contributed by atoms with E-state index in [9.17, 15) is 0 Å². The van der Waals surface area contributed by atoms with Crippen LogP contribution in [0.25, 0.3) is 0 Å². The zero-order chi connectivity index (χ0) is 16.1. The Morgan fingerprint density at radius 2 is 1.83 bits per heavy atom. The summed E-state index contributed by atoms with van der Waals surface area (Å²) in [4.78, 5) is 2.43. The molecule has 0 atom stereocenters. The van der Waals surface area contributed by atoms with Crippen molar-refractivity contribution < 1.29 is 0 Å². The molecule has 3 rings (SSSR count). The summed E-state index contributed by atoms with van der Waals surface area (Å²) in [6.07, 6.45) is 1.96. The van der Waals surface area contributed by atoms with Gasteiger partial charge in [-0.15, -0.1) is 0 Å². The van der Waals surface area contributed by atoms with Crippen LogP contribution in [-0.2, 0) is 6.54 Å². The number of piperazine rings is 1. The monoisotopic (exact) mass is 327 g/mol. The van der Waals surface area contributed by atoms with Gasteiger partial charge in [0, 0.05) is 37.7 Å². The van der Waals surface area contributed by atoms with Crippen molar-refractivity contribution in [3.05, 3.63) is 70.2 Å². The molecule has 0 N–H and O–H groups in total. The zero-order valence-electron chi connectivity index (χ0n) is 13.5. The minimum Gasteiger partial charge on any atom is -0.295 e. The Kier molecular flexibility index (Phi) is 5.31. The highest BCUT2D eigenvalue weighted by Gasteiger charge is 2.16. The average molecular weight is 328 g/mol. The number of aryl methyl sites for hydroxylation is 1. The maximum absolute atomic E-state index is 6.24. The second-order valence-electron chi connectivity index (χ2n) is 5.98. The van der Waals surface area contributed by atoms with Gasteiger partial charge in [-0.2, -0.15) is 5.10 Å². The molecule has 0 aromatic heterocycles. The van der Waals surface area contributed by atoms with Crippen LogP contribution in [-0.4, -0.2) is 42.3 Å². The van der Waals surface area contributed by atoms with Crippen LogP contribution in [0.4, 0.5) is 0 Å². The Labute approximate surface area is 143 Å². The average Bonchev–Trinajstić information content (AvgIpc) is 2.56. The molecule has 1 aliphatic heterocycles. The summed E-state index contributed by atoms with van der Waals surface area (Å²) in [7, 11) is 0. The molecule has 0 unspecified atom stereocenters. The highest BCUT2D eigenvalue weighted by Crippen LogP contribution is 2.17. The van der Waals surface area contributed by atoms with E-state index < -0.39 is 0 Å². The Morgan fingerprint density at radius 1 is 1.04 bits per heavy atom. The van der Waals surface area contributed by atoms with Gasteiger partial charge >= 0.3 is 0 Å². The van der Waals surface area contributed by atoms with Gasteiger partial charge in [0.05, 0.1) is 6.21 Å². The van der Waals surface area contributed by atoms with E-state index in [1.165, 1.54) is 11.1 Å². The van der Waals surface area contributed by atoms with Crippen LogP contribution >= 0.6 is 11.6 Å². The predicted molar refractivity (Wildman–Crippen MR) is 97.1 cm³/mol. The van der Waals surface area contributed by atoms with Crippen molar-refractivity contribution in [3.8, 4) is 0 Å². The first-order chi connectivity index (χ1) is 11.2. The van der Waals surface area contributed by atoms with Crippen molar-refractivity contribution in [2.45, 2.75) is 13.5 Å². The van der Waals surface area contributed by atoms with Crippen LogP contribution < -0.4 is 0 Å². The lowest BCUT2D eigenvalue weighted by molar-refractivity contribution is 0.131. The second-order valence-corrected chi connectivity index (χ2v) is 6.39. The number of benzene rings is 2. The first-order valence-corrected chi connectivity index (χ1v) is 8.40. The maximum Gasteiger partial charge on any atom is 0.0543 e. The van der Waals surface area contributed by atoms with Crippen LogP contribution in [0.3, 0.4) is 0 Å². The molecule has 0 amide bonds. The minimum absolute atomic E-state index is 0.854. The topological polar surface area (TPSA) is 18.8 Å². The molecule has 1 heterocycles. The van der Waals surface area contributed by atoms with Gasteiger partial charge in [0.25, 0.3) is 0 Å². The van der Waals surface area contributed by atoms with Crippen molar-refractivity contribution in [2.24, 2.45) is 5.10 Å². The largest absolute Gasteiger partial charge is 0.295 e. The Bertz CT molecular complexity index is 676. The lowest BCUT2D eigenvalue weighted by atomic mass is 10.2. The fourth-order valence-electron chi connectivity index (χ4n) is 2.78. The summed E-state index contributed by atoms with van der Waals surface area (Å²) in [5, 5.41) is 7.61. The van der Waals surface area contributed by atoms with E-state index in [0.29, 0.717) is 0 Å². The normalized spacial score (nSPS) is 16.2. The fraction of sp³-hybridized carbons (Fsp3) is 0.316. The molecule has 3 nitrogen and oxygen atoms in total. The number of nitrogens with zero attached hydrogens (tertiary/aromatic N) is 3. The van der Waals surface area contributed by atoms with Gasteiger partial charge in [0.15, 0.2) is 0 Å². The molecule has 4 heteroatoms. The number of hydrogen-bond acceptors (Lipinski definition) is 3. The summed E-state index contributed by atoms with van der Waals surface area (Å²) < 4.78 is 0. The van der Waals surface area contributed by atoms with Gasteiger partial charge in [-0.25, -0.2) is 0 Å². The van der Waals surface area contributed by atoms with Crippen molar-refractivity contribution in [1.82, 2.24) is 9.91 Å². The second kappa shape index (κ2) is 7.62. The molecule has 0 aliphatic carbocycles. The lowest BCUT2D eigenvalue weighted by Crippen LogP contribution is -2.43. The van der Waals surface area contributed by atoms with E-state index in [4.69, 9.17) is 11.6 Å². The summed E-state index contributed by atoms with van der Waals surface area (Å²) >= 11 is 6.24. The Hall–Kier alpha value is -1.84. The number of rotatable bonds is 4. The van der Waals surface area contributed by atoms with Crippen molar-refractivity contribution in [3.63, 3.8) is 0 Å². The van der Waals surface area contributed by atoms with E-state index in [2.05, 4.69) is 52.3 Å².